The molecule has 0 aliphatic rings. The van der Waals surface area contributed by atoms with Crippen LogP contribution in [0.5, 0.6) is 0 Å². The summed E-state index contributed by atoms with van der Waals surface area (Å²) in [5, 5.41) is 2.30. The Hall–Kier alpha value is -3.24. The normalized spacial score (nSPS) is 9.43. The van der Waals surface area contributed by atoms with Crippen LogP contribution in [0.1, 0.15) is 11.4 Å². The second kappa shape index (κ2) is 6.79. The molecule has 9 N–H and O–H groups in total. The Morgan fingerprint density at radius 1 is 0.905 bits per heavy atom. The highest BCUT2D eigenvalue weighted by molar-refractivity contribution is 5.85. The molecule has 11 nitrogen and oxygen atoms in total. The monoisotopic (exact) mass is 292 g/mol. The zero-order chi connectivity index (χ0) is 16.0. The van der Waals surface area contributed by atoms with Crippen molar-refractivity contribution < 1.29 is 4.79 Å². The van der Waals surface area contributed by atoms with E-state index in [0.29, 0.717) is 0 Å². The molecule has 2 rings (SSSR count). The average molecular weight is 292 g/mol. The first-order valence-corrected chi connectivity index (χ1v) is 5.67. The highest BCUT2D eigenvalue weighted by Crippen LogP contribution is 2.02. The molecule has 2 heterocycles. The van der Waals surface area contributed by atoms with Gasteiger partial charge in [-0.15, -0.1) is 0 Å². The molecule has 0 fully saturated rings. The van der Waals surface area contributed by atoms with E-state index in [1.807, 2.05) is 19.9 Å². The molecule has 2 aromatic heterocycles. The number of carbonyl (C=O) groups excluding carboxylic acids is 1. The van der Waals surface area contributed by atoms with Gasteiger partial charge in [0.2, 0.25) is 23.8 Å². The van der Waals surface area contributed by atoms with Crippen molar-refractivity contribution in [1.82, 2.24) is 24.9 Å². The number of nitrogens with two attached hydrogens (primary N) is 4. The summed E-state index contributed by atoms with van der Waals surface area (Å²) in [5.74, 6) is 0.375. The number of anilines is 4. The zero-order valence-corrected chi connectivity index (χ0v) is 11.5. The van der Waals surface area contributed by atoms with Gasteiger partial charge in [-0.05, 0) is 19.9 Å². The molecule has 0 aliphatic carbocycles. The van der Waals surface area contributed by atoms with Crippen LogP contribution in [0.3, 0.4) is 0 Å². The minimum absolute atomic E-state index is 0.0417. The second-order valence-electron chi connectivity index (χ2n) is 3.87. The molecule has 11 heteroatoms. The van der Waals surface area contributed by atoms with Crippen molar-refractivity contribution in [3.63, 3.8) is 0 Å². The fraction of sp³-hybridized carbons (Fsp3) is 0.200. The van der Waals surface area contributed by atoms with Gasteiger partial charge in [0.15, 0.2) is 0 Å². The molecule has 0 radical (unpaired) electrons. The van der Waals surface area contributed by atoms with Crippen molar-refractivity contribution in [2.75, 3.05) is 22.5 Å². The van der Waals surface area contributed by atoms with Crippen molar-refractivity contribution in [1.29, 1.82) is 0 Å². The van der Waals surface area contributed by atoms with Gasteiger partial charge in [-0.1, -0.05) is 0 Å². The maximum atomic E-state index is 10.4. The van der Waals surface area contributed by atoms with E-state index in [9.17, 15) is 4.79 Å². The van der Waals surface area contributed by atoms with E-state index in [1.165, 1.54) is 0 Å². The first-order chi connectivity index (χ1) is 9.76. The van der Waals surface area contributed by atoms with Gasteiger partial charge in [0.05, 0.1) is 0 Å². The van der Waals surface area contributed by atoms with Crippen molar-refractivity contribution in [3.05, 3.63) is 17.5 Å². The molecule has 112 valence electrons. The number of primary amides is 1. The number of carbonyl (C=O) groups is 1. The highest BCUT2D eigenvalue weighted by Gasteiger charge is 2.00. The lowest BCUT2D eigenvalue weighted by atomic mass is 10.4. The Morgan fingerprint density at radius 3 is 1.62 bits per heavy atom. The van der Waals surface area contributed by atoms with E-state index in [-0.39, 0.29) is 23.8 Å². The summed E-state index contributed by atoms with van der Waals surface area (Å²) in [5.41, 5.74) is 21.9. The van der Waals surface area contributed by atoms with Crippen LogP contribution in [0.15, 0.2) is 6.07 Å². The summed E-state index contributed by atoms with van der Waals surface area (Å²) in [6.07, 6.45) is 0. The topological polar surface area (TPSA) is 198 Å². The molecule has 2 amide bonds. The number of aromatic nitrogens is 5. The Labute approximate surface area is 120 Å². The second-order valence-corrected chi connectivity index (χ2v) is 3.87. The minimum atomic E-state index is -0.653. The minimum Gasteiger partial charge on any atom is -0.368 e. The van der Waals surface area contributed by atoms with Crippen LogP contribution in [-0.2, 0) is 0 Å². The number of nitrogens with zero attached hydrogens (tertiary/aromatic N) is 5. The smallest absolute Gasteiger partial charge is 0.319 e. The third-order valence-corrected chi connectivity index (χ3v) is 1.90. The molecule has 0 aliphatic heterocycles. The molecule has 0 aromatic carbocycles. The molecule has 21 heavy (non-hydrogen) atoms. The first kappa shape index (κ1) is 15.8. The van der Waals surface area contributed by atoms with Crippen molar-refractivity contribution in [2.24, 2.45) is 5.73 Å². The Balaban J connectivity index is 0.000000219. The molecule has 0 bridgehead atoms. The van der Waals surface area contributed by atoms with E-state index >= 15 is 0 Å². The van der Waals surface area contributed by atoms with Gasteiger partial charge >= 0.3 is 6.03 Å². The van der Waals surface area contributed by atoms with Gasteiger partial charge in [-0.2, -0.15) is 15.0 Å². The predicted molar refractivity (Wildman–Crippen MR) is 77.8 cm³/mol. The molecule has 0 atom stereocenters. The summed E-state index contributed by atoms with van der Waals surface area (Å²) < 4.78 is 0. The van der Waals surface area contributed by atoms with Crippen LogP contribution in [0.4, 0.5) is 28.6 Å². The van der Waals surface area contributed by atoms with Crippen molar-refractivity contribution in [2.45, 2.75) is 13.8 Å². The number of nitrogens with one attached hydrogen (secondary N) is 1. The van der Waals surface area contributed by atoms with Crippen LogP contribution < -0.4 is 28.3 Å². The van der Waals surface area contributed by atoms with E-state index in [0.717, 1.165) is 11.4 Å². The zero-order valence-electron chi connectivity index (χ0n) is 11.5. The van der Waals surface area contributed by atoms with E-state index in [2.05, 4.69) is 30.2 Å². The van der Waals surface area contributed by atoms with Crippen LogP contribution in [0.2, 0.25) is 0 Å². The largest absolute Gasteiger partial charge is 0.368 e. The highest BCUT2D eigenvalue weighted by atomic mass is 16.2. The van der Waals surface area contributed by atoms with Gasteiger partial charge in [-0.25, -0.2) is 14.8 Å². The molecule has 0 saturated carbocycles. The lowest BCUT2D eigenvalue weighted by Crippen LogP contribution is -2.21. The average Bonchev–Trinajstić information content (AvgIpc) is 2.24. The molecule has 0 unspecified atom stereocenters. The number of hydrogen-bond acceptors (Lipinski definition) is 9. The molecular formula is C10H16N10O. The van der Waals surface area contributed by atoms with E-state index in [4.69, 9.17) is 22.9 Å². The molecular weight excluding hydrogens is 276 g/mol. The Kier molecular flexibility index (Phi) is 5.11. The third kappa shape index (κ3) is 5.96. The maximum absolute atomic E-state index is 10.4. The number of aryl methyl sites for hydroxylation is 2. The van der Waals surface area contributed by atoms with Crippen LogP contribution >= 0.6 is 0 Å². The molecule has 0 saturated heterocycles. The van der Waals surface area contributed by atoms with E-state index in [1.54, 1.807) is 0 Å². The molecule has 0 spiro atoms. The lowest BCUT2D eigenvalue weighted by molar-refractivity contribution is 0.259. The first-order valence-electron chi connectivity index (χ1n) is 5.67. The molecule has 2 aromatic rings. The summed E-state index contributed by atoms with van der Waals surface area (Å²) in [6, 6.07) is 1.16. The standard InChI is InChI=1S/C7H10N4O.C3H6N6/c1-4-3-5(2)10-7(9-4)11-6(8)12;4-1-7-2(5)9-3(6)8-1/h3H,1-2H3,(H3,8,9,10,11,12);(H6,4,5,6,7,8,9). The van der Waals surface area contributed by atoms with Crippen LogP contribution in [-0.4, -0.2) is 31.0 Å². The summed E-state index contributed by atoms with van der Waals surface area (Å²) in [6.45, 7) is 3.64. The van der Waals surface area contributed by atoms with Gasteiger partial charge in [0.25, 0.3) is 0 Å². The number of rotatable bonds is 1. The third-order valence-electron chi connectivity index (χ3n) is 1.90. The number of amides is 2. The fourth-order valence-electron chi connectivity index (χ4n) is 1.32. The van der Waals surface area contributed by atoms with Crippen LogP contribution in [0.25, 0.3) is 0 Å². The lowest BCUT2D eigenvalue weighted by Gasteiger charge is -2.01. The van der Waals surface area contributed by atoms with Crippen molar-refractivity contribution >= 4 is 29.8 Å². The van der Waals surface area contributed by atoms with Gasteiger partial charge in [0.1, 0.15) is 0 Å². The number of hydrogen-bond donors (Lipinski definition) is 5. The summed E-state index contributed by atoms with van der Waals surface area (Å²) >= 11 is 0. The fourth-order valence-corrected chi connectivity index (χ4v) is 1.32. The van der Waals surface area contributed by atoms with Gasteiger partial charge in [0, 0.05) is 11.4 Å². The summed E-state index contributed by atoms with van der Waals surface area (Å²) in [4.78, 5) is 28.8. The summed E-state index contributed by atoms with van der Waals surface area (Å²) in [7, 11) is 0. The van der Waals surface area contributed by atoms with E-state index < -0.39 is 6.03 Å². The quantitative estimate of drug-likeness (QED) is 0.446. The Bertz CT molecular complexity index is 573. The SMILES string of the molecule is Cc1cc(C)nc(NC(N)=O)n1.Nc1nc(N)nc(N)n1. The van der Waals surface area contributed by atoms with Crippen molar-refractivity contribution in [3.8, 4) is 0 Å². The number of urea groups is 1. The van der Waals surface area contributed by atoms with Crippen LogP contribution in [0, 0.1) is 13.8 Å². The maximum Gasteiger partial charge on any atom is 0.319 e. The Morgan fingerprint density at radius 2 is 1.29 bits per heavy atom. The van der Waals surface area contributed by atoms with Gasteiger partial charge in [-0.3, -0.25) is 5.32 Å². The number of nitrogen functional groups attached to an aromatic ring is 3. The predicted octanol–water partition coefficient (Wildman–Crippen LogP) is -0.798. The van der Waals surface area contributed by atoms with Gasteiger partial charge < -0.3 is 22.9 Å².